The van der Waals surface area contributed by atoms with Gasteiger partial charge < -0.3 is 4.90 Å². The van der Waals surface area contributed by atoms with E-state index in [9.17, 15) is 4.79 Å². The van der Waals surface area contributed by atoms with Gasteiger partial charge in [-0.2, -0.15) is 19.7 Å². The summed E-state index contributed by atoms with van der Waals surface area (Å²) in [6.45, 7) is 3.49. The van der Waals surface area contributed by atoms with Crippen LogP contribution in [0.5, 0.6) is 0 Å². The Balaban J connectivity index is 1.48. The second-order valence-electron chi connectivity index (χ2n) is 7.27. The molecule has 2 aliphatic rings. The molecule has 26 heavy (non-hydrogen) atoms. The Kier molecular flexibility index (Phi) is 3.51. The molecular formula is C18H21N7O. The minimum absolute atomic E-state index is 0.0296. The molecule has 1 atom stereocenters. The maximum Gasteiger partial charge on any atom is 0.266 e. The second-order valence-corrected chi connectivity index (χ2v) is 7.27. The van der Waals surface area contributed by atoms with Gasteiger partial charge in [0.05, 0.1) is 18.3 Å². The van der Waals surface area contributed by atoms with E-state index in [4.69, 9.17) is 0 Å². The van der Waals surface area contributed by atoms with Gasteiger partial charge in [-0.15, -0.1) is 0 Å². The molecule has 0 spiro atoms. The average Bonchev–Trinajstić information content (AvgIpc) is 3.19. The summed E-state index contributed by atoms with van der Waals surface area (Å²) >= 11 is 0. The van der Waals surface area contributed by atoms with Gasteiger partial charge in [-0.05, 0) is 38.7 Å². The highest BCUT2D eigenvalue weighted by atomic mass is 16.1. The van der Waals surface area contributed by atoms with E-state index in [0.29, 0.717) is 18.2 Å². The quantitative estimate of drug-likeness (QED) is 0.709. The van der Waals surface area contributed by atoms with E-state index in [-0.39, 0.29) is 11.6 Å². The lowest BCUT2D eigenvalue weighted by atomic mass is 10.2. The molecule has 0 radical (unpaired) electrons. The van der Waals surface area contributed by atoms with Gasteiger partial charge in [-0.3, -0.25) is 4.79 Å². The second kappa shape index (κ2) is 5.89. The number of anilines is 1. The Morgan fingerprint density at radius 2 is 2.12 bits per heavy atom. The number of hydrogen-bond acceptors (Lipinski definition) is 6. The van der Waals surface area contributed by atoms with Crippen LogP contribution in [0.3, 0.4) is 0 Å². The molecule has 0 amide bonds. The average molecular weight is 351 g/mol. The van der Waals surface area contributed by atoms with Crippen molar-refractivity contribution in [1.82, 2.24) is 29.4 Å². The van der Waals surface area contributed by atoms with Crippen molar-refractivity contribution in [2.45, 2.75) is 51.1 Å². The maximum atomic E-state index is 12.3. The Labute approximate surface area is 150 Å². The molecular weight excluding hydrogens is 330 g/mol. The molecule has 3 aromatic rings. The zero-order valence-electron chi connectivity index (χ0n) is 14.7. The number of aryl methyl sites for hydroxylation is 1. The lowest BCUT2D eigenvalue weighted by Crippen LogP contribution is -2.38. The standard InChI is InChI=1S/C18H21N7O/c1-12-9-16(25-18(21-12)19-11-20-25)23-8-2-3-14(23)10-24-17(26)7-6-15(22-24)13-4-5-13/h6-7,9,11,13-14H,2-5,8,10H2,1H3. The van der Waals surface area contributed by atoms with Crippen molar-refractivity contribution in [3.63, 3.8) is 0 Å². The van der Waals surface area contributed by atoms with Gasteiger partial charge in [-0.25, -0.2) is 9.67 Å². The largest absolute Gasteiger partial charge is 0.352 e. The number of fused-ring (bicyclic) bond motifs is 1. The first-order valence-electron chi connectivity index (χ1n) is 9.21. The van der Waals surface area contributed by atoms with Crippen molar-refractivity contribution in [2.24, 2.45) is 0 Å². The third-order valence-electron chi connectivity index (χ3n) is 5.30. The van der Waals surface area contributed by atoms with Crippen LogP contribution in [0, 0.1) is 6.92 Å². The normalized spacial score (nSPS) is 20.2. The Hall–Kier alpha value is -2.77. The van der Waals surface area contributed by atoms with E-state index in [1.165, 1.54) is 19.2 Å². The molecule has 2 fully saturated rings. The van der Waals surface area contributed by atoms with E-state index in [1.54, 1.807) is 15.3 Å². The van der Waals surface area contributed by atoms with Crippen molar-refractivity contribution in [2.75, 3.05) is 11.4 Å². The van der Waals surface area contributed by atoms with Crippen LogP contribution >= 0.6 is 0 Å². The zero-order chi connectivity index (χ0) is 17.7. The first kappa shape index (κ1) is 15.5. The summed E-state index contributed by atoms with van der Waals surface area (Å²) in [6.07, 6.45) is 6.00. The van der Waals surface area contributed by atoms with Crippen molar-refractivity contribution in [1.29, 1.82) is 0 Å². The van der Waals surface area contributed by atoms with Gasteiger partial charge >= 0.3 is 0 Å². The van der Waals surface area contributed by atoms with Crippen LogP contribution in [0.4, 0.5) is 5.82 Å². The highest BCUT2D eigenvalue weighted by Gasteiger charge is 2.29. The van der Waals surface area contributed by atoms with Crippen LogP contribution in [-0.4, -0.2) is 41.9 Å². The lowest BCUT2D eigenvalue weighted by Gasteiger charge is -2.27. The van der Waals surface area contributed by atoms with Crippen LogP contribution in [0.15, 0.2) is 29.3 Å². The van der Waals surface area contributed by atoms with Crippen LogP contribution in [0.2, 0.25) is 0 Å². The fourth-order valence-corrected chi connectivity index (χ4v) is 3.83. The molecule has 1 saturated carbocycles. The molecule has 0 aromatic carbocycles. The topological polar surface area (TPSA) is 81.2 Å². The van der Waals surface area contributed by atoms with E-state index in [2.05, 4.69) is 25.1 Å². The third-order valence-corrected chi connectivity index (χ3v) is 5.30. The summed E-state index contributed by atoms with van der Waals surface area (Å²) in [7, 11) is 0. The van der Waals surface area contributed by atoms with E-state index in [0.717, 1.165) is 36.6 Å². The molecule has 0 bridgehead atoms. The molecule has 1 saturated heterocycles. The molecule has 134 valence electrons. The van der Waals surface area contributed by atoms with Gasteiger partial charge in [0, 0.05) is 30.3 Å². The number of hydrogen-bond donors (Lipinski definition) is 0. The highest BCUT2D eigenvalue weighted by molar-refractivity contribution is 5.48. The predicted octanol–water partition coefficient (Wildman–Crippen LogP) is 1.54. The van der Waals surface area contributed by atoms with Crippen molar-refractivity contribution >= 4 is 11.6 Å². The summed E-state index contributed by atoms with van der Waals surface area (Å²) in [5.74, 6) is 2.13. The predicted molar refractivity (Wildman–Crippen MR) is 96.4 cm³/mol. The van der Waals surface area contributed by atoms with Crippen molar-refractivity contribution < 1.29 is 0 Å². The van der Waals surface area contributed by atoms with Crippen molar-refractivity contribution in [3.05, 3.63) is 46.3 Å². The van der Waals surface area contributed by atoms with E-state index >= 15 is 0 Å². The maximum absolute atomic E-state index is 12.3. The Morgan fingerprint density at radius 3 is 2.96 bits per heavy atom. The molecule has 0 N–H and O–H groups in total. The third kappa shape index (κ3) is 2.65. The molecule has 5 rings (SSSR count). The summed E-state index contributed by atoms with van der Waals surface area (Å²) in [4.78, 5) is 23.3. The minimum Gasteiger partial charge on any atom is -0.352 e. The van der Waals surface area contributed by atoms with Crippen LogP contribution in [0.25, 0.3) is 5.78 Å². The Bertz CT molecular complexity index is 1020. The first-order valence-corrected chi connectivity index (χ1v) is 9.21. The van der Waals surface area contributed by atoms with Gasteiger partial charge in [-0.1, -0.05) is 0 Å². The molecule has 4 heterocycles. The number of nitrogens with zero attached hydrogens (tertiary/aromatic N) is 7. The minimum atomic E-state index is -0.0296. The lowest BCUT2D eigenvalue weighted by molar-refractivity contribution is 0.479. The molecule has 8 nitrogen and oxygen atoms in total. The molecule has 3 aromatic heterocycles. The van der Waals surface area contributed by atoms with Gasteiger partial charge in [0.2, 0.25) is 0 Å². The SMILES string of the molecule is Cc1cc(N2CCCC2Cn2nc(C3CC3)ccc2=O)n2ncnc2n1. The van der Waals surface area contributed by atoms with Crippen molar-refractivity contribution in [3.8, 4) is 0 Å². The fraction of sp³-hybridized carbons (Fsp3) is 0.500. The number of rotatable bonds is 4. The fourth-order valence-electron chi connectivity index (χ4n) is 3.83. The highest BCUT2D eigenvalue weighted by Crippen LogP contribution is 2.38. The summed E-state index contributed by atoms with van der Waals surface area (Å²) < 4.78 is 3.42. The molecule has 1 unspecified atom stereocenters. The molecule has 1 aliphatic carbocycles. The molecule has 1 aliphatic heterocycles. The van der Waals surface area contributed by atoms with E-state index < -0.39 is 0 Å². The summed E-state index contributed by atoms with van der Waals surface area (Å²) in [6, 6.07) is 5.79. The van der Waals surface area contributed by atoms with Gasteiger partial charge in [0.15, 0.2) is 0 Å². The number of aromatic nitrogens is 6. The van der Waals surface area contributed by atoms with Crippen LogP contribution in [-0.2, 0) is 6.54 Å². The van der Waals surface area contributed by atoms with Crippen LogP contribution < -0.4 is 10.5 Å². The zero-order valence-corrected chi connectivity index (χ0v) is 14.7. The summed E-state index contributed by atoms with van der Waals surface area (Å²) in [5.41, 5.74) is 1.93. The van der Waals surface area contributed by atoms with Gasteiger partial charge in [0.1, 0.15) is 12.1 Å². The summed E-state index contributed by atoms with van der Waals surface area (Å²) in [5, 5.41) is 8.95. The monoisotopic (exact) mass is 351 g/mol. The van der Waals surface area contributed by atoms with Gasteiger partial charge in [0.25, 0.3) is 11.3 Å². The van der Waals surface area contributed by atoms with E-state index in [1.807, 2.05) is 19.1 Å². The Morgan fingerprint density at radius 1 is 1.23 bits per heavy atom. The van der Waals surface area contributed by atoms with Crippen LogP contribution in [0.1, 0.15) is 43.0 Å². The first-order chi connectivity index (χ1) is 12.7. The smallest absolute Gasteiger partial charge is 0.266 e. The molecule has 8 heteroatoms.